The maximum Gasteiger partial charge on any atom is 0.143 e. The molecule has 1 aromatic heterocycles. The Labute approximate surface area is 147 Å². The van der Waals surface area contributed by atoms with Crippen molar-refractivity contribution in [3.63, 3.8) is 0 Å². The van der Waals surface area contributed by atoms with Crippen LogP contribution >= 0.6 is 34.4 Å². The van der Waals surface area contributed by atoms with Gasteiger partial charge in [0.25, 0.3) is 0 Å². The Morgan fingerprint density at radius 3 is 2.19 bits per heavy atom. The van der Waals surface area contributed by atoms with Crippen LogP contribution in [0.15, 0.2) is 0 Å². The molecule has 0 aliphatic rings. The van der Waals surface area contributed by atoms with Crippen LogP contribution in [0.2, 0.25) is 0 Å². The predicted octanol–water partition coefficient (Wildman–Crippen LogP) is 5.23. The van der Waals surface area contributed by atoms with E-state index >= 15 is 0 Å². The zero-order chi connectivity index (χ0) is 16.3. The van der Waals surface area contributed by atoms with E-state index in [4.69, 9.17) is 9.97 Å². The summed E-state index contributed by atoms with van der Waals surface area (Å²) < 4.78 is 1.38. The van der Waals surface area contributed by atoms with Crippen LogP contribution in [0.25, 0.3) is 0 Å². The first-order valence-electron chi connectivity index (χ1n) is 7.49. The van der Waals surface area contributed by atoms with Gasteiger partial charge in [0.05, 0.1) is 15.0 Å². The van der Waals surface area contributed by atoms with Gasteiger partial charge in [-0.1, -0.05) is 48.5 Å². The van der Waals surface area contributed by atoms with E-state index in [1.165, 1.54) is 0 Å². The molecule has 0 fully saturated rings. The minimum Gasteiger partial charge on any atom is -0.369 e. The third-order valence-corrected chi connectivity index (χ3v) is 5.08. The lowest BCUT2D eigenvalue weighted by Crippen LogP contribution is -2.20. The highest BCUT2D eigenvalue weighted by molar-refractivity contribution is 14.1. The highest BCUT2D eigenvalue weighted by atomic mass is 127. The number of hydrogen-bond donors (Lipinski definition) is 1. The molecule has 21 heavy (non-hydrogen) atoms. The number of rotatable bonds is 5. The van der Waals surface area contributed by atoms with E-state index in [1.54, 1.807) is 0 Å². The highest BCUT2D eigenvalue weighted by Crippen LogP contribution is 2.32. The van der Waals surface area contributed by atoms with Crippen molar-refractivity contribution < 1.29 is 0 Å². The first-order chi connectivity index (χ1) is 9.54. The molecular weight excluding hydrogens is 393 g/mol. The first kappa shape index (κ1) is 19.0. The van der Waals surface area contributed by atoms with Gasteiger partial charge in [0, 0.05) is 16.7 Å². The number of anilines is 1. The van der Waals surface area contributed by atoms with E-state index < -0.39 is 0 Å². The molecule has 0 saturated heterocycles. The maximum absolute atomic E-state index is 4.84. The van der Waals surface area contributed by atoms with Gasteiger partial charge in [-0.2, -0.15) is 0 Å². The summed E-state index contributed by atoms with van der Waals surface area (Å²) in [5.74, 6) is 2.77. The lowest BCUT2D eigenvalue weighted by atomic mass is 9.92. The maximum atomic E-state index is 4.84. The van der Waals surface area contributed by atoms with Crippen molar-refractivity contribution in [3.05, 3.63) is 15.1 Å². The zero-order valence-corrected chi connectivity index (χ0v) is 17.3. The molecule has 0 atom stereocenters. The summed E-state index contributed by atoms with van der Waals surface area (Å²) >= 11 is 4.26. The number of thioether (sulfide) groups is 1. The number of nitrogens with zero attached hydrogens (tertiary/aromatic N) is 2. The molecule has 1 N–H and O–H groups in total. The third kappa shape index (κ3) is 6.30. The number of halogens is 1. The molecule has 0 bridgehead atoms. The molecule has 3 nitrogen and oxygen atoms in total. The lowest BCUT2D eigenvalue weighted by molar-refractivity contribution is 0.560. The standard InChI is InChI=1S/C16H28IN3S/c1-8-9-18-14-12(17)13(15(2,3)4)19-11(20-14)10-21-16(5,6)7/h8-10H2,1-7H3,(H,18,19,20). The summed E-state index contributed by atoms with van der Waals surface area (Å²) in [6.45, 7) is 16.4. The van der Waals surface area contributed by atoms with Crippen LogP contribution in [0, 0.1) is 3.57 Å². The van der Waals surface area contributed by atoms with E-state index in [9.17, 15) is 0 Å². The number of aromatic nitrogens is 2. The van der Waals surface area contributed by atoms with Gasteiger partial charge in [-0.3, -0.25) is 0 Å². The van der Waals surface area contributed by atoms with Gasteiger partial charge in [0.15, 0.2) is 0 Å². The molecule has 0 aliphatic heterocycles. The second-order valence-corrected chi connectivity index (χ2v) is 10.1. The Kier molecular flexibility index (Phi) is 6.78. The minimum absolute atomic E-state index is 0.0310. The normalized spacial score (nSPS) is 12.6. The molecule has 0 unspecified atom stereocenters. The molecule has 0 amide bonds. The lowest BCUT2D eigenvalue weighted by Gasteiger charge is -2.23. The van der Waals surface area contributed by atoms with Crippen LogP contribution in [0.3, 0.4) is 0 Å². The third-order valence-electron chi connectivity index (χ3n) is 2.78. The monoisotopic (exact) mass is 421 g/mol. The van der Waals surface area contributed by atoms with E-state index in [0.717, 1.165) is 39.6 Å². The fraction of sp³-hybridized carbons (Fsp3) is 0.750. The number of hydrogen-bond acceptors (Lipinski definition) is 4. The fourth-order valence-electron chi connectivity index (χ4n) is 1.70. The van der Waals surface area contributed by atoms with Crippen molar-refractivity contribution >= 4 is 40.2 Å². The van der Waals surface area contributed by atoms with E-state index in [0.29, 0.717) is 0 Å². The molecule has 0 radical (unpaired) electrons. The smallest absolute Gasteiger partial charge is 0.143 e. The summed E-state index contributed by atoms with van der Waals surface area (Å²) in [4.78, 5) is 9.57. The molecule has 0 aromatic carbocycles. The van der Waals surface area contributed by atoms with Gasteiger partial charge in [-0.15, -0.1) is 11.8 Å². The minimum atomic E-state index is 0.0310. The summed E-state index contributed by atoms with van der Waals surface area (Å²) in [7, 11) is 0. The van der Waals surface area contributed by atoms with Crippen LogP contribution in [-0.4, -0.2) is 21.3 Å². The SMILES string of the molecule is CCCNc1nc(CSC(C)(C)C)nc(C(C)(C)C)c1I. The Morgan fingerprint density at radius 2 is 1.71 bits per heavy atom. The topological polar surface area (TPSA) is 37.8 Å². The Morgan fingerprint density at radius 1 is 1.10 bits per heavy atom. The van der Waals surface area contributed by atoms with Gasteiger partial charge in [0.1, 0.15) is 11.6 Å². The Hall–Kier alpha value is -0.0400. The molecule has 1 rings (SSSR count). The van der Waals surface area contributed by atoms with Gasteiger partial charge in [0.2, 0.25) is 0 Å². The van der Waals surface area contributed by atoms with Crippen LogP contribution in [0.5, 0.6) is 0 Å². The average molecular weight is 421 g/mol. The Bertz CT molecular complexity index is 476. The Balaban J connectivity index is 3.13. The van der Waals surface area contributed by atoms with Gasteiger partial charge in [-0.25, -0.2) is 9.97 Å². The van der Waals surface area contributed by atoms with Crippen molar-refractivity contribution in [2.75, 3.05) is 11.9 Å². The zero-order valence-electron chi connectivity index (χ0n) is 14.3. The summed E-state index contributed by atoms with van der Waals surface area (Å²) in [5.41, 5.74) is 1.17. The van der Waals surface area contributed by atoms with Crippen molar-refractivity contribution in [1.29, 1.82) is 0 Å². The molecule has 0 aliphatic carbocycles. The second-order valence-electron chi connectivity index (χ2n) is 7.23. The molecule has 0 spiro atoms. The quantitative estimate of drug-likeness (QED) is 0.661. The molecular formula is C16H28IN3S. The van der Waals surface area contributed by atoms with E-state index in [1.807, 2.05) is 11.8 Å². The van der Waals surface area contributed by atoms with E-state index in [2.05, 4.69) is 76.4 Å². The molecule has 0 saturated carbocycles. The van der Waals surface area contributed by atoms with Crippen LogP contribution < -0.4 is 5.32 Å². The van der Waals surface area contributed by atoms with Crippen molar-refractivity contribution in [2.24, 2.45) is 0 Å². The van der Waals surface area contributed by atoms with Gasteiger partial charge in [-0.05, 0) is 29.0 Å². The fourth-order valence-corrected chi connectivity index (χ4v) is 3.63. The van der Waals surface area contributed by atoms with E-state index in [-0.39, 0.29) is 10.2 Å². The van der Waals surface area contributed by atoms with Crippen LogP contribution in [0.1, 0.15) is 66.4 Å². The average Bonchev–Trinajstić information content (AvgIpc) is 2.33. The molecule has 1 heterocycles. The van der Waals surface area contributed by atoms with Crippen LogP contribution in [0.4, 0.5) is 5.82 Å². The molecule has 5 heteroatoms. The van der Waals surface area contributed by atoms with Gasteiger partial charge < -0.3 is 5.32 Å². The largest absolute Gasteiger partial charge is 0.369 e. The molecule has 120 valence electrons. The summed E-state index contributed by atoms with van der Waals surface area (Å²) in [6.07, 6.45) is 1.09. The van der Waals surface area contributed by atoms with Gasteiger partial charge >= 0.3 is 0 Å². The predicted molar refractivity (Wildman–Crippen MR) is 103 cm³/mol. The number of nitrogens with one attached hydrogen (secondary N) is 1. The first-order valence-corrected chi connectivity index (χ1v) is 9.55. The van der Waals surface area contributed by atoms with Crippen molar-refractivity contribution in [2.45, 2.75) is 70.8 Å². The summed E-state index contributed by atoms with van der Waals surface area (Å²) in [5, 5.41) is 3.44. The van der Waals surface area contributed by atoms with Crippen molar-refractivity contribution in [1.82, 2.24) is 9.97 Å². The second kappa shape index (κ2) is 7.49. The summed E-state index contributed by atoms with van der Waals surface area (Å²) in [6, 6.07) is 0. The van der Waals surface area contributed by atoms with Crippen molar-refractivity contribution in [3.8, 4) is 0 Å². The molecule has 1 aromatic rings. The van der Waals surface area contributed by atoms with Crippen LogP contribution in [-0.2, 0) is 11.2 Å². The highest BCUT2D eigenvalue weighted by Gasteiger charge is 2.23.